The van der Waals surface area contributed by atoms with E-state index in [0.717, 1.165) is 17.5 Å². The molecule has 3 N–H and O–H groups in total. The smallest absolute Gasteiger partial charge is 0.225 e. The zero-order valence-corrected chi connectivity index (χ0v) is 11.9. The van der Waals surface area contributed by atoms with Crippen LogP contribution in [0.2, 0.25) is 0 Å². The summed E-state index contributed by atoms with van der Waals surface area (Å²) >= 11 is 0. The summed E-state index contributed by atoms with van der Waals surface area (Å²) in [5.74, 6) is 0.709. The molecule has 5 heteroatoms. The number of aryl methyl sites for hydroxylation is 2. The number of hydrogen-bond acceptors (Lipinski definition) is 2. The molecule has 108 valence electrons. The van der Waals surface area contributed by atoms with Gasteiger partial charge in [-0.25, -0.2) is 0 Å². The van der Waals surface area contributed by atoms with Crippen LogP contribution in [-0.4, -0.2) is 21.1 Å². The fraction of sp³-hybridized carbons (Fsp3) is 0.250. The Morgan fingerprint density at radius 1 is 1.29 bits per heavy atom. The first-order valence-corrected chi connectivity index (χ1v) is 7.15. The van der Waals surface area contributed by atoms with Gasteiger partial charge in [0.1, 0.15) is 5.82 Å². The number of nitrogens with zero attached hydrogens (tertiary/aromatic N) is 1. The van der Waals surface area contributed by atoms with E-state index in [2.05, 4.69) is 26.6 Å². The summed E-state index contributed by atoms with van der Waals surface area (Å²) in [5, 5.41) is 10.8. The summed E-state index contributed by atoms with van der Waals surface area (Å²) in [7, 11) is 0. The van der Waals surface area contributed by atoms with Gasteiger partial charge in [-0.15, -0.1) is 0 Å². The standard InChI is InChI=1S/C16H18N4O/c1-2-11-10-18-20-16(11)19-15(21)8-7-12-9-17-14-6-4-3-5-13(12)14/h3-6,9-10,17H,2,7-8H2,1H3,(H2,18,19,20,21). The molecular weight excluding hydrogens is 264 g/mol. The van der Waals surface area contributed by atoms with E-state index in [-0.39, 0.29) is 5.91 Å². The molecule has 0 fully saturated rings. The molecule has 3 rings (SSSR count). The lowest BCUT2D eigenvalue weighted by Crippen LogP contribution is -2.13. The van der Waals surface area contributed by atoms with E-state index in [1.54, 1.807) is 6.20 Å². The Kier molecular flexibility index (Phi) is 3.73. The van der Waals surface area contributed by atoms with Crippen LogP contribution in [0.25, 0.3) is 10.9 Å². The molecule has 2 aromatic heterocycles. The third-order valence-corrected chi connectivity index (χ3v) is 3.66. The number of carbonyl (C=O) groups is 1. The predicted octanol–water partition coefficient (Wildman–Crippen LogP) is 3.02. The van der Waals surface area contributed by atoms with Crippen molar-refractivity contribution in [2.45, 2.75) is 26.2 Å². The third kappa shape index (κ3) is 2.81. The lowest BCUT2D eigenvalue weighted by molar-refractivity contribution is -0.116. The van der Waals surface area contributed by atoms with Crippen LogP contribution in [-0.2, 0) is 17.6 Å². The number of H-pyrrole nitrogens is 2. The molecule has 1 aromatic carbocycles. The number of nitrogens with one attached hydrogen (secondary N) is 3. The summed E-state index contributed by atoms with van der Waals surface area (Å²) in [6.07, 6.45) is 5.73. The number of para-hydroxylation sites is 1. The van der Waals surface area contributed by atoms with Crippen molar-refractivity contribution < 1.29 is 4.79 Å². The third-order valence-electron chi connectivity index (χ3n) is 3.66. The van der Waals surface area contributed by atoms with Crippen molar-refractivity contribution in [2.24, 2.45) is 0 Å². The van der Waals surface area contributed by atoms with E-state index in [1.807, 2.05) is 31.3 Å². The van der Waals surface area contributed by atoms with Crippen molar-refractivity contribution in [3.05, 3.63) is 47.8 Å². The van der Waals surface area contributed by atoms with Crippen molar-refractivity contribution in [3.8, 4) is 0 Å². The molecule has 5 nitrogen and oxygen atoms in total. The molecule has 0 atom stereocenters. The van der Waals surface area contributed by atoms with Gasteiger partial charge in [-0.2, -0.15) is 5.10 Å². The van der Waals surface area contributed by atoms with Crippen molar-refractivity contribution in [2.75, 3.05) is 5.32 Å². The topological polar surface area (TPSA) is 73.6 Å². The van der Waals surface area contributed by atoms with Crippen molar-refractivity contribution in [1.29, 1.82) is 0 Å². The fourth-order valence-corrected chi connectivity index (χ4v) is 2.48. The Labute approximate surface area is 122 Å². The maximum absolute atomic E-state index is 12.0. The molecule has 1 amide bonds. The minimum atomic E-state index is -0.000712. The van der Waals surface area contributed by atoms with Crippen LogP contribution in [0.4, 0.5) is 5.82 Å². The summed E-state index contributed by atoms with van der Waals surface area (Å²) in [6, 6.07) is 8.12. The van der Waals surface area contributed by atoms with Gasteiger partial charge < -0.3 is 10.3 Å². The minimum absolute atomic E-state index is 0.000712. The van der Waals surface area contributed by atoms with Gasteiger partial charge in [0, 0.05) is 29.1 Å². The normalized spacial score (nSPS) is 10.9. The van der Waals surface area contributed by atoms with Crippen molar-refractivity contribution in [1.82, 2.24) is 15.2 Å². The van der Waals surface area contributed by atoms with Gasteiger partial charge in [0.2, 0.25) is 5.91 Å². The van der Waals surface area contributed by atoms with Crippen LogP contribution in [0.1, 0.15) is 24.5 Å². The van der Waals surface area contributed by atoms with Crippen LogP contribution in [0, 0.1) is 0 Å². The van der Waals surface area contributed by atoms with Crippen LogP contribution in [0.15, 0.2) is 36.7 Å². The van der Waals surface area contributed by atoms with E-state index in [0.29, 0.717) is 18.7 Å². The summed E-state index contributed by atoms with van der Waals surface area (Å²) in [5.41, 5.74) is 3.30. The predicted molar refractivity (Wildman–Crippen MR) is 83.2 cm³/mol. The van der Waals surface area contributed by atoms with E-state index >= 15 is 0 Å². The number of carbonyl (C=O) groups excluding carboxylic acids is 1. The number of benzene rings is 1. The number of amides is 1. The Balaban J connectivity index is 1.63. The quantitative estimate of drug-likeness (QED) is 0.673. The molecular formula is C16H18N4O. The van der Waals surface area contributed by atoms with Gasteiger partial charge in [-0.3, -0.25) is 9.89 Å². The monoisotopic (exact) mass is 282 g/mol. The van der Waals surface area contributed by atoms with Crippen molar-refractivity contribution >= 4 is 22.6 Å². The number of anilines is 1. The van der Waals surface area contributed by atoms with Crippen LogP contribution >= 0.6 is 0 Å². The van der Waals surface area contributed by atoms with Crippen LogP contribution < -0.4 is 5.32 Å². The largest absolute Gasteiger partial charge is 0.361 e. The molecule has 21 heavy (non-hydrogen) atoms. The zero-order valence-electron chi connectivity index (χ0n) is 11.9. The number of aromatic nitrogens is 3. The van der Waals surface area contributed by atoms with Gasteiger partial charge in [0.25, 0.3) is 0 Å². The second-order valence-corrected chi connectivity index (χ2v) is 5.03. The average Bonchev–Trinajstić information content (AvgIpc) is 3.11. The summed E-state index contributed by atoms with van der Waals surface area (Å²) in [6.45, 7) is 2.03. The van der Waals surface area contributed by atoms with Crippen molar-refractivity contribution in [3.63, 3.8) is 0 Å². The molecule has 0 saturated heterocycles. The van der Waals surface area contributed by atoms with Crippen LogP contribution in [0.5, 0.6) is 0 Å². The Morgan fingerprint density at radius 2 is 2.14 bits per heavy atom. The second kappa shape index (κ2) is 5.83. The van der Waals surface area contributed by atoms with Gasteiger partial charge >= 0.3 is 0 Å². The van der Waals surface area contributed by atoms with E-state index < -0.39 is 0 Å². The zero-order chi connectivity index (χ0) is 14.7. The van der Waals surface area contributed by atoms with E-state index in [9.17, 15) is 4.79 Å². The molecule has 0 saturated carbocycles. The first-order chi connectivity index (χ1) is 10.3. The van der Waals surface area contributed by atoms with Crippen LogP contribution in [0.3, 0.4) is 0 Å². The van der Waals surface area contributed by atoms with Gasteiger partial charge in [0.15, 0.2) is 0 Å². The fourth-order valence-electron chi connectivity index (χ4n) is 2.48. The molecule has 0 aliphatic heterocycles. The summed E-state index contributed by atoms with van der Waals surface area (Å²) < 4.78 is 0. The number of hydrogen-bond donors (Lipinski definition) is 3. The maximum atomic E-state index is 12.0. The van der Waals surface area contributed by atoms with Gasteiger partial charge in [-0.05, 0) is 24.5 Å². The first kappa shape index (κ1) is 13.4. The minimum Gasteiger partial charge on any atom is -0.361 e. The SMILES string of the molecule is CCc1cn[nH]c1NC(=O)CCc1c[nH]c2ccccc12. The summed E-state index contributed by atoms with van der Waals surface area (Å²) in [4.78, 5) is 15.3. The Bertz CT molecular complexity index is 756. The molecule has 2 heterocycles. The molecule has 3 aromatic rings. The lowest BCUT2D eigenvalue weighted by Gasteiger charge is -2.04. The molecule has 0 unspecified atom stereocenters. The molecule has 0 aliphatic carbocycles. The van der Waals surface area contributed by atoms with E-state index in [4.69, 9.17) is 0 Å². The second-order valence-electron chi connectivity index (χ2n) is 5.03. The average molecular weight is 282 g/mol. The van der Waals surface area contributed by atoms with Gasteiger partial charge in [-0.1, -0.05) is 25.1 Å². The maximum Gasteiger partial charge on any atom is 0.225 e. The Morgan fingerprint density at radius 3 is 3.00 bits per heavy atom. The highest BCUT2D eigenvalue weighted by atomic mass is 16.1. The Hall–Kier alpha value is -2.56. The molecule has 0 spiro atoms. The number of aromatic amines is 2. The highest BCUT2D eigenvalue weighted by Crippen LogP contribution is 2.19. The molecule has 0 bridgehead atoms. The lowest BCUT2D eigenvalue weighted by atomic mass is 10.1. The molecule has 0 radical (unpaired) electrons. The molecule has 0 aliphatic rings. The first-order valence-electron chi connectivity index (χ1n) is 7.15. The van der Waals surface area contributed by atoms with E-state index in [1.165, 1.54) is 10.9 Å². The number of fused-ring (bicyclic) bond motifs is 1. The van der Waals surface area contributed by atoms with Gasteiger partial charge in [0.05, 0.1) is 6.20 Å². The number of rotatable bonds is 5. The highest BCUT2D eigenvalue weighted by Gasteiger charge is 2.09. The highest BCUT2D eigenvalue weighted by molar-refractivity contribution is 5.91.